The molecule has 2 amide bonds. The molecule has 1 aromatic carbocycles. The second-order valence-corrected chi connectivity index (χ2v) is 5.79. The molecule has 1 rings (SSSR count). The molecule has 0 heterocycles. The Labute approximate surface area is 119 Å². The quantitative estimate of drug-likeness (QED) is 0.683. The van der Waals surface area contributed by atoms with E-state index in [4.69, 9.17) is 5.73 Å². The van der Waals surface area contributed by atoms with Crippen molar-refractivity contribution >= 4 is 11.8 Å². The fourth-order valence-corrected chi connectivity index (χ4v) is 1.75. The van der Waals surface area contributed by atoms with E-state index in [-0.39, 0.29) is 11.4 Å². The van der Waals surface area contributed by atoms with Gasteiger partial charge in [0, 0.05) is 30.6 Å². The molecule has 0 unspecified atom stereocenters. The molecule has 0 aliphatic carbocycles. The number of hydrogen-bond donors (Lipinski definition) is 3. The third-order valence-corrected chi connectivity index (χ3v) is 2.58. The molecule has 4 N–H and O–H groups in total. The fraction of sp³-hybridized carbons (Fsp3) is 0.467. The highest BCUT2D eigenvalue weighted by atomic mass is 16.2. The molecular formula is C15H23N3O2. The second kappa shape index (κ2) is 7.05. The SMILES string of the molecule is CC(C)(C)NC(=O)CCNCc1cccc(C(N)=O)c1. The van der Waals surface area contributed by atoms with Crippen LogP contribution in [0.15, 0.2) is 24.3 Å². The average molecular weight is 277 g/mol. The minimum Gasteiger partial charge on any atom is -0.366 e. The maximum atomic E-state index is 11.6. The Kier molecular flexibility index (Phi) is 5.70. The molecule has 0 bridgehead atoms. The van der Waals surface area contributed by atoms with Crippen molar-refractivity contribution in [1.82, 2.24) is 10.6 Å². The van der Waals surface area contributed by atoms with E-state index < -0.39 is 5.91 Å². The lowest BCUT2D eigenvalue weighted by atomic mass is 10.1. The number of nitrogens with two attached hydrogens (primary N) is 1. The van der Waals surface area contributed by atoms with Crippen molar-refractivity contribution in [3.05, 3.63) is 35.4 Å². The lowest BCUT2D eigenvalue weighted by Crippen LogP contribution is -2.41. The highest BCUT2D eigenvalue weighted by molar-refractivity contribution is 5.92. The average Bonchev–Trinajstić information content (AvgIpc) is 2.33. The third-order valence-electron chi connectivity index (χ3n) is 2.58. The van der Waals surface area contributed by atoms with Crippen LogP contribution in [0.25, 0.3) is 0 Å². The number of rotatable bonds is 6. The summed E-state index contributed by atoms with van der Waals surface area (Å²) in [7, 11) is 0. The van der Waals surface area contributed by atoms with Crippen molar-refractivity contribution < 1.29 is 9.59 Å². The van der Waals surface area contributed by atoms with Gasteiger partial charge in [-0.2, -0.15) is 0 Å². The van der Waals surface area contributed by atoms with Crippen molar-refractivity contribution in [3.8, 4) is 0 Å². The predicted molar refractivity (Wildman–Crippen MR) is 79.2 cm³/mol. The summed E-state index contributed by atoms with van der Waals surface area (Å²) in [6.45, 7) is 7.04. The minimum absolute atomic E-state index is 0.0240. The smallest absolute Gasteiger partial charge is 0.248 e. The van der Waals surface area contributed by atoms with Gasteiger partial charge in [-0.25, -0.2) is 0 Å². The molecule has 1 aromatic rings. The summed E-state index contributed by atoms with van der Waals surface area (Å²) in [6, 6.07) is 7.14. The van der Waals surface area contributed by atoms with Gasteiger partial charge >= 0.3 is 0 Å². The molecule has 0 saturated carbocycles. The molecular weight excluding hydrogens is 254 g/mol. The topological polar surface area (TPSA) is 84.2 Å². The fourth-order valence-electron chi connectivity index (χ4n) is 1.75. The van der Waals surface area contributed by atoms with Crippen molar-refractivity contribution in [2.75, 3.05) is 6.54 Å². The largest absolute Gasteiger partial charge is 0.366 e. The minimum atomic E-state index is -0.434. The van der Waals surface area contributed by atoms with Crippen LogP contribution in [0.4, 0.5) is 0 Å². The number of hydrogen-bond acceptors (Lipinski definition) is 3. The Morgan fingerprint density at radius 1 is 1.25 bits per heavy atom. The Hall–Kier alpha value is -1.88. The lowest BCUT2D eigenvalue weighted by molar-refractivity contribution is -0.122. The zero-order valence-electron chi connectivity index (χ0n) is 12.3. The molecule has 0 radical (unpaired) electrons. The molecule has 5 heteroatoms. The molecule has 0 aliphatic rings. The van der Waals surface area contributed by atoms with Gasteiger partial charge in [0.15, 0.2) is 0 Å². The standard InChI is InChI=1S/C15H23N3O2/c1-15(2,3)18-13(19)7-8-17-10-11-5-4-6-12(9-11)14(16)20/h4-6,9,17H,7-8,10H2,1-3H3,(H2,16,20)(H,18,19). The van der Waals surface area contributed by atoms with E-state index in [1.54, 1.807) is 18.2 Å². The number of carbonyl (C=O) groups excluding carboxylic acids is 2. The number of benzene rings is 1. The molecule has 0 fully saturated rings. The van der Waals surface area contributed by atoms with Crippen molar-refractivity contribution in [3.63, 3.8) is 0 Å². The first-order valence-electron chi connectivity index (χ1n) is 6.68. The third kappa shape index (κ3) is 6.33. The molecule has 20 heavy (non-hydrogen) atoms. The maximum Gasteiger partial charge on any atom is 0.248 e. The number of amides is 2. The summed E-state index contributed by atoms with van der Waals surface area (Å²) in [5, 5.41) is 6.07. The van der Waals surface area contributed by atoms with Gasteiger partial charge < -0.3 is 16.4 Å². The Morgan fingerprint density at radius 2 is 1.95 bits per heavy atom. The molecule has 0 aromatic heterocycles. The van der Waals surface area contributed by atoms with E-state index in [9.17, 15) is 9.59 Å². The first kappa shape index (κ1) is 16.2. The highest BCUT2D eigenvalue weighted by Crippen LogP contribution is 2.04. The monoisotopic (exact) mass is 277 g/mol. The predicted octanol–water partition coefficient (Wildman–Crippen LogP) is 1.18. The van der Waals surface area contributed by atoms with Gasteiger partial charge in [-0.15, -0.1) is 0 Å². The van der Waals surface area contributed by atoms with E-state index in [2.05, 4.69) is 10.6 Å². The van der Waals surface area contributed by atoms with Gasteiger partial charge in [0.05, 0.1) is 0 Å². The van der Waals surface area contributed by atoms with Gasteiger partial charge in [0.1, 0.15) is 0 Å². The molecule has 5 nitrogen and oxygen atoms in total. The lowest BCUT2D eigenvalue weighted by Gasteiger charge is -2.20. The molecule has 110 valence electrons. The van der Waals surface area contributed by atoms with E-state index in [1.165, 1.54) is 0 Å². The van der Waals surface area contributed by atoms with Gasteiger partial charge in [-0.05, 0) is 38.5 Å². The first-order chi connectivity index (χ1) is 9.28. The Morgan fingerprint density at radius 3 is 2.55 bits per heavy atom. The van der Waals surface area contributed by atoms with Crippen LogP contribution in [0, 0.1) is 0 Å². The maximum absolute atomic E-state index is 11.6. The number of nitrogens with one attached hydrogen (secondary N) is 2. The van der Waals surface area contributed by atoms with Crippen molar-refractivity contribution in [2.45, 2.75) is 39.3 Å². The number of primary amides is 1. The summed E-state index contributed by atoms with van der Waals surface area (Å²) in [6.07, 6.45) is 0.423. The molecule has 0 atom stereocenters. The Bertz CT molecular complexity index is 478. The van der Waals surface area contributed by atoms with Crippen molar-refractivity contribution in [1.29, 1.82) is 0 Å². The van der Waals surface area contributed by atoms with Crippen LogP contribution >= 0.6 is 0 Å². The normalized spacial score (nSPS) is 11.2. The van der Waals surface area contributed by atoms with Crippen LogP contribution in [-0.4, -0.2) is 23.9 Å². The summed E-state index contributed by atoms with van der Waals surface area (Å²) in [5.41, 5.74) is 6.49. The molecule has 0 aliphatic heterocycles. The Balaban J connectivity index is 2.33. The second-order valence-electron chi connectivity index (χ2n) is 5.79. The van der Waals surface area contributed by atoms with Crippen LogP contribution in [0.3, 0.4) is 0 Å². The van der Waals surface area contributed by atoms with Crippen LogP contribution in [-0.2, 0) is 11.3 Å². The number of carbonyl (C=O) groups is 2. The molecule has 0 spiro atoms. The summed E-state index contributed by atoms with van der Waals surface area (Å²) in [5.74, 6) is -0.410. The van der Waals surface area contributed by atoms with Gasteiger partial charge in [0.25, 0.3) is 0 Å². The van der Waals surface area contributed by atoms with E-state index in [0.29, 0.717) is 25.1 Å². The highest BCUT2D eigenvalue weighted by Gasteiger charge is 2.12. The zero-order chi connectivity index (χ0) is 15.2. The first-order valence-corrected chi connectivity index (χ1v) is 6.68. The molecule has 0 saturated heterocycles. The van der Waals surface area contributed by atoms with E-state index >= 15 is 0 Å². The zero-order valence-corrected chi connectivity index (χ0v) is 12.3. The van der Waals surface area contributed by atoms with Crippen LogP contribution in [0.2, 0.25) is 0 Å². The summed E-state index contributed by atoms with van der Waals surface area (Å²) >= 11 is 0. The van der Waals surface area contributed by atoms with Crippen LogP contribution in [0.5, 0.6) is 0 Å². The van der Waals surface area contributed by atoms with Gasteiger partial charge in [0.2, 0.25) is 11.8 Å². The van der Waals surface area contributed by atoms with Crippen LogP contribution < -0.4 is 16.4 Å². The van der Waals surface area contributed by atoms with Gasteiger partial charge in [-0.3, -0.25) is 9.59 Å². The van der Waals surface area contributed by atoms with Gasteiger partial charge in [-0.1, -0.05) is 12.1 Å². The summed E-state index contributed by atoms with van der Waals surface area (Å²) in [4.78, 5) is 22.7. The van der Waals surface area contributed by atoms with Crippen LogP contribution in [0.1, 0.15) is 43.1 Å². The summed E-state index contributed by atoms with van der Waals surface area (Å²) < 4.78 is 0. The van der Waals surface area contributed by atoms with E-state index in [1.807, 2.05) is 26.8 Å². The van der Waals surface area contributed by atoms with E-state index in [0.717, 1.165) is 5.56 Å². The van der Waals surface area contributed by atoms with Crippen molar-refractivity contribution in [2.24, 2.45) is 5.73 Å².